The van der Waals surface area contributed by atoms with Gasteiger partial charge < -0.3 is 22.0 Å². The van der Waals surface area contributed by atoms with Crippen LogP contribution in [0.2, 0.25) is 0 Å². The van der Waals surface area contributed by atoms with Crippen molar-refractivity contribution in [2.75, 3.05) is 14.1 Å². The fourth-order valence-corrected chi connectivity index (χ4v) is 3.23. The largest absolute Gasteiger partial charge is 0.673 e. The van der Waals surface area contributed by atoms with Crippen molar-refractivity contribution >= 4 is 24.3 Å². The molecule has 1 aliphatic carbocycles. The van der Waals surface area contributed by atoms with Crippen LogP contribution in [0.15, 0.2) is 108 Å². The van der Waals surface area contributed by atoms with Gasteiger partial charge in [0, 0.05) is 17.7 Å². The second kappa shape index (κ2) is 11.6. The van der Waals surface area contributed by atoms with Crippen LogP contribution in [-0.4, -0.2) is 31.6 Å². The summed E-state index contributed by atoms with van der Waals surface area (Å²) in [6.07, 6.45) is 15.8. The van der Waals surface area contributed by atoms with E-state index in [0.717, 1.165) is 28.0 Å². The number of allylic oxidation sites excluding steroid dienone is 10. The topological polar surface area (TPSA) is 12.2 Å². The highest BCUT2D eigenvalue weighted by molar-refractivity contribution is 6.50. The lowest BCUT2D eigenvalue weighted by Crippen LogP contribution is -2.09. The summed E-state index contributed by atoms with van der Waals surface area (Å²) >= 11 is 0. The minimum absolute atomic E-state index is 0.288. The molecule has 1 aliphatic heterocycles. The van der Waals surface area contributed by atoms with E-state index in [1.807, 2.05) is 55.1 Å². The molecule has 0 saturated heterocycles. The van der Waals surface area contributed by atoms with Gasteiger partial charge >= 0.3 is 7.25 Å². The molecule has 0 fully saturated rings. The van der Waals surface area contributed by atoms with Crippen molar-refractivity contribution in [3.63, 3.8) is 0 Å². The van der Waals surface area contributed by atoms with Crippen LogP contribution in [0.4, 0.5) is 26.0 Å². The molecular formula is C27H22BF6NO. The van der Waals surface area contributed by atoms with Crippen LogP contribution in [0, 0.1) is 11.6 Å². The second-order valence-corrected chi connectivity index (χ2v) is 7.94. The number of hydrogen-bond acceptors (Lipinski definition) is 1. The van der Waals surface area contributed by atoms with Crippen LogP contribution in [0.5, 0.6) is 0 Å². The first-order valence-electron chi connectivity index (χ1n) is 10.8. The zero-order valence-electron chi connectivity index (χ0n) is 19.4. The maximum Gasteiger partial charge on any atom is 0.673 e. The molecule has 0 N–H and O–H groups in total. The van der Waals surface area contributed by atoms with E-state index < -0.39 is 7.25 Å². The van der Waals surface area contributed by atoms with Gasteiger partial charge in [0.15, 0.2) is 5.71 Å². The van der Waals surface area contributed by atoms with E-state index in [-0.39, 0.29) is 11.6 Å². The molecule has 0 aromatic heterocycles. The molecule has 2 aromatic carbocycles. The van der Waals surface area contributed by atoms with Gasteiger partial charge in [-0.25, -0.2) is 13.4 Å². The van der Waals surface area contributed by atoms with Crippen LogP contribution in [0.25, 0.3) is 11.3 Å². The summed E-state index contributed by atoms with van der Waals surface area (Å²) < 4.78 is 73.9. The van der Waals surface area contributed by atoms with Gasteiger partial charge in [0.05, 0.1) is 0 Å². The van der Waals surface area contributed by atoms with Crippen LogP contribution in [0.1, 0.15) is 11.1 Å². The lowest BCUT2D eigenvalue weighted by atomic mass is 10.00. The Morgan fingerprint density at radius 2 is 1.19 bits per heavy atom. The maximum atomic E-state index is 13.4. The van der Waals surface area contributed by atoms with Crippen molar-refractivity contribution in [2.45, 2.75) is 0 Å². The van der Waals surface area contributed by atoms with Crippen molar-refractivity contribution in [1.29, 1.82) is 0 Å². The summed E-state index contributed by atoms with van der Waals surface area (Å²) in [5.41, 5.74) is 4.67. The summed E-state index contributed by atoms with van der Waals surface area (Å²) in [7, 11) is -2.00. The Kier molecular flexibility index (Phi) is 8.58. The molecule has 0 saturated carbocycles. The second-order valence-electron chi connectivity index (χ2n) is 7.94. The smallest absolute Gasteiger partial charge is 0.457 e. The molecule has 2 aromatic rings. The Morgan fingerprint density at radius 1 is 0.694 bits per heavy atom. The summed E-state index contributed by atoms with van der Waals surface area (Å²) in [6, 6.07) is 12.5. The van der Waals surface area contributed by atoms with Gasteiger partial charge in [-0.15, -0.1) is 0 Å². The minimum atomic E-state index is -6.00. The van der Waals surface area contributed by atoms with E-state index >= 15 is 0 Å². The van der Waals surface area contributed by atoms with Gasteiger partial charge in [-0.2, -0.15) is 0 Å². The fraction of sp³-hybridized carbons (Fsp3) is 0.0741. The predicted molar refractivity (Wildman–Crippen MR) is 132 cm³/mol. The van der Waals surface area contributed by atoms with E-state index in [0.29, 0.717) is 11.5 Å². The molecule has 2 nitrogen and oxygen atoms in total. The third kappa shape index (κ3) is 8.34. The normalized spacial score (nSPS) is 16.1. The number of ether oxygens (including phenoxy) is 1. The Morgan fingerprint density at radius 3 is 1.69 bits per heavy atom. The average molecular weight is 501 g/mol. The van der Waals surface area contributed by atoms with Crippen molar-refractivity contribution in [3.05, 3.63) is 131 Å². The molecule has 0 amide bonds. The summed E-state index contributed by atoms with van der Waals surface area (Å²) in [5.74, 6) is 0.645. The number of halogens is 6. The first-order valence-corrected chi connectivity index (χ1v) is 10.8. The van der Waals surface area contributed by atoms with E-state index in [1.54, 1.807) is 24.3 Å². The molecule has 4 rings (SSSR count). The maximum absolute atomic E-state index is 13.4. The molecule has 1 heterocycles. The zero-order valence-corrected chi connectivity index (χ0v) is 19.4. The molecule has 36 heavy (non-hydrogen) atoms. The van der Waals surface area contributed by atoms with Gasteiger partial charge in [-0.3, -0.25) is 0 Å². The minimum Gasteiger partial charge on any atom is -0.457 e. The number of benzene rings is 2. The predicted octanol–water partition coefficient (Wildman–Crippen LogP) is 7.37. The molecule has 9 heteroatoms. The third-order valence-electron chi connectivity index (χ3n) is 4.97. The Bertz CT molecular complexity index is 1280. The Labute approximate surface area is 205 Å². The fourth-order valence-electron chi connectivity index (χ4n) is 3.23. The Balaban J connectivity index is 0.000000658. The first-order chi connectivity index (χ1) is 17.0. The van der Waals surface area contributed by atoms with E-state index in [4.69, 9.17) is 4.74 Å². The van der Waals surface area contributed by atoms with Crippen molar-refractivity contribution in [1.82, 2.24) is 0 Å². The van der Waals surface area contributed by atoms with Crippen LogP contribution in [-0.2, 0) is 4.74 Å². The molecule has 186 valence electrons. The van der Waals surface area contributed by atoms with Gasteiger partial charge in [-0.05, 0) is 83.5 Å². The quantitative estimate of drug-likeness (QED) is 0.243. The molecule has 2 aliphatic rings. The number of rotatable bonds is 3. The van der Waals surface area contributed by atoms with Gasteiger partial charge in [0.1, 0.15) is 37.2 Å². The van der Waals surface area contributed by atoms with Gasteiger partial charge in [0.25, 0.3) is 0 Å². The van der Waals surface area contributed by atoms with Crippen LogP contribution < -0.4 is 0 Å². The number of hydrogen-bond donors (Lipinski definition) is 0. The van der Waals surface area contributed by atoms with Crippen LogP contribution in [0.3, 0.4) is 0 Å². The SMILES string of the molecule is C[N+](C)=C1C=CC(=CC=C2C=C(c3ccc(F)cc3)C=C(c3ccc(F)cc3)O2)C=C1.F[B-](F)(F)F. The van der Waals surface area contributed by atoms with Crippen LogP contribution >= 0.6 is 0 Å². The molecule has 0 radical (unpaired) electrons. The summed E-state index contributed by atoms with van der Waals surface area (Å²) in [5, 5.41) is 0. The summed E-state index contributed by atoms with van der Waals surface area (Å²) in [4.78, 5) is 0. The highest BCUT2D eigenvalue weighted by Crippen LogP contribution is 2.32. The van der Waals surface area contributed by atoms with Gasteiger partial charge in [-0.1, -0.05) is 18.2 Å². The lowest BCUT2D eigenvalue weighted by molar-refractivity contribution is -0.462. The molecule has 0 atom stereocenters. The molecule has 0 bridgehead atoms. The van der Waals surface area contributed by atoms with Crippen molar-refractivity contribution in [2.24, 2.45) is 0 Å². The third-order valence-corrected chi connectivity index (χ3v) is 4.97. The Hall–Kier alpha value is -4.01. The molecule has 0 unspecified atom stereocenters. The average Bonchev–Trinajstić information content (AvgIpc) is 2.83. The van der Waals surface area contributed by atoms with E-state index in [9.17, 15) is 26.0 Å². The molecular weight excluding hydrogens is 479 g/mol. The zero-order chi connectivity index (χ0) is 26.3. The van der Waals surface area contributed by atoms with E-state index in [2.05, 4.69) is 12.2 Å². The highest BCUT2D eigenvalue weighted by atomic mass is 19.5. The highest BCUT2D eigenvalue weighted by Gasteiger charge is 2.20. The van der Waals surface area contributed by atoms with E-state index in [1.165, 1.54) is 24.3 Å². The summed E-state index contributed by atoms with van der Waals surface area (Å²) in [6.45, 7) is 0. The molecule has 0 spiro atoms. The first kappa shape index (κ1) is 26.6. The standard InChI is InChI=1S/C27H22F2NO.BF4/c1-30(2)25-14-3-19(4-15-25)5-16-26-17-22(20-6-10-23(28)11-7-20)18-27(31-26)21-8-12-24(29)13-9-21;2-1(3,4)5/h3-18H,1-2H3;/q+1;-1. The lowest BCUT2D eigenvalue weighted by Gasteiger charge is -2.18. The van der Waals surface area contributed by atoms with Gasteiger partial charge in [0.2, 0.25) is 0 Å². The monoisotopic (exact) mass is 501 g/mol. The van der Waals surface area contributed by atoms with Crippen molar-refractivity contribution < 1.29 is 35.4 Å². The number of nitrogens with zero attached hydrogens (tertiary/aromatic N) is 1. The van der Waals surface area contributed by atoms with Crippen molar-refractivity contribution in [3.8, 4) is 0 Å².